The summed E-state index contributed by atoms with van der Waals surface area (Å²) in [7, 11) is 0. The molecular weight excluding hydrogens is 224 g/mol. The van der Waals surface area contributed by atoms with Gasteiger partial charge in [0.15, 0.2) is 0 Å². The standard InChI is InChI=1S/C15H12N2O/c1-9-6-7-11-8-10-4-2-3-5-12(10)17-14(11)13(9)15(16)18/h2-8H,1H3,(H2,16,18). The molecule has 1 amide bonds. The number of hydrogen-bond acceptors (Lipinski definition) is 2. The van der Waals surface area contributed by atoms with Crippen molar-refractivity contribution in [2.45, 2.75) is 6.92 Å². The Labute approximate surface area is 104 Å². The molecule has 0 spiro atoms. The summed E-state index contributed by atoms with van der Waals surface area (Å²) < 4.78 is 0. The molecule has 0 radical (unpaired) electrons. The molecule has 0 fully saturated rings. The Kier molecular flexibility index (Phi) is 2.27. The maximum atomic E-state index is 11.6. The van der Waals surface area contributed by atoms with Gasteiger partial charge in [-0.05, 0) is 24.6 Å². The molecule has 3 nitrogen and oxygen atoms in total. The van der Waals surface area contributed by atoms with Crippen LogP contribution in [0.1, 0.15) is 15.9 Å². The van der Waals surface area contributed by atoms with E-state index in [-0.39, 0.29) is 0 Å². The van der Waals surface area contributed by atoms with Crippen molar-refractivity contribution in [1.29, 1.82) is 0 Å². The highest BCUT2D eigenvalue weighted by atomic mass is 16.1. The fourth-order valence-corrected chi connectivity index (χ4v) is 2.26. The molecular formula is C15H12N2O. The van der Waals surface area contributed by atoms with E-state index in [0.29, 0.717) is 11.1 Å². The summed E-state index contributed by atoms with van der Waals surface area (Å²) in [4.78, 5) is 16.1. The quantitative estimate of drug-likeness (QED) is 0.660. The fourth-order valence-electron chi connectivity index (χ4n) is 2.26. The van der Waals surface area contributed by atoms with Crippen LogP contribution in [0.4, 0.5) is 0 Å². The van der Waals surface area contributed by atoms with Gasteiger partial charge >= 0.3 is 0 Å². The van der Waals surface area contributed by atoms with Gasteiger partial charge in [0.05, 0.1) is 16.6 Å². The summed E-state index contributed by atoms with van der Waals surface area (Å²) in [6, 6.07) is 13.7. The highest BCUT2D eigenvalue weighted by molar-refractivity contribution is 6.08. The number of carbonyl (C=O) groups is 1. The minimum atomic E-state index is -0.430. The van der Waals surface area contributed by atoms with Crippen molar-refractivity contribution in [2.75, 3.05) is 0 Å². The Morgan fingerprint density at radius 3 is 2.67 bits per heavy atom. The van der Waals surface area contributed by atoms with Gasteiger partial charge in [0.25, 0.3) is 5.91 Å². The van der Waals surface area contributed by atoms with Crippen LogP contribution in [-0.2, 0) is 0 Å². The van der Waals surface area contributed by atoms with Gasteiger partial charge in [0.2, 0.25) is 0 Å². The van der Waals surface area contributed by atoms with Gasteiger partial charge in [-0.25, -0.2) is 4.98 Å². The summed E-state index contributed by atoms with van der Waals surface area (Å²) in [6.45, 7) is 1.87. The number of hydrogen-bond donors (Lipinski definition) is 1. The lowest BCUT2D eigenvalue weighted by Crippen LogP contribution is -2.13. The molecule has 1 heterocycles. The predicted octanol–water partition coefficient (Wildman–Crippen LogP) is 2.80. The molecule has 0 atom stereocenters. The zero-order valence-corrected chi connectivity index (χ0v) is 9.97. The van der Waals surface area contributed by atoms with Crippen LogP contribution in [0.5, 0.6) is 0 Å². The minimum absolute atomic E-state index is 0.430. The highest BCUT2D eigenvalue weighted by Gasteiger charge is 2.12. The fraction of sp³-hybridized carbons (Fsp3) is 0.0667. The average Bonchev–Trinajstić information content (AvgIpc) is 2.36. The summed E-state index contributed by atoms with van der Waals surface area (Å²) in [5.41, 5.74) is 8.37. The van der Waals surface area contributed by atoms with E-state index in [1.54, 1.807) is 0 Å². The molecule has 0 saturated carbocycles. The van der Waals surface area contributed by atoms with Crippen LogP contribution >= 0.6 is 0 Å². The summed E-state index contributed by atoms with van der Waals surface area (Å²) >= 11 is 0. The molecule has 88 valence electrons. The molecule has 0 saturated heterocycles. The second kappa shape index (κ2) is 3.81. The first-order valence-corrected chi connectivity index (χ1v) is 5.76. The first-order valence-electron chi connectivity index (χ1n) is 5.76. The van der Waals surface area contributed by atoms with E-state index in [1.807, 2.05) is 49.4 Å². The first-order chi connectivity index (χ1) is 8.66. The van der Waals surface area contributed by atoms with E-state index in [2.05, 4.69) is 4.98 Å². The van der Waals surface area contributed by atoms with Gasteiger partial charge in [-0.3, -0.25) is 4.79 Å². The lowest BCUT2D eigenvalue weighted by atomic mass is 10.0. The molecule has 2 N–H and O–H groups in total. The van der Waals surface area contributed by atoms with Crippen LogP contribution in [0, 0.1) is 6.92 Å². The maximum Gasteiger partial charge on any atom is 0.251 e. The van der Waals surface area contributed by atoms with E-state index in [4.69, 9.17) is 5.73 Å². The Balaban J connectivity index is 2.50. The van der Waals surface area contributed by atoms with E-state index in [9.17, 15) is 4.79 Å². The molecule has 1 aromatic heterocycles. The van der Waals surface area contributed by atoms with Crippen LogP contribution in [0.3, 0.4) is 0 Å². The number of fused-ring (bicyclic) bond motifs is 2. The van der Waals surface area contributed by atoms with Crippen molar-refractivity contribution >= 4 is 27.7 Å². The Morgan fingerprint density at radius 2 is 1.89 bits per heavy atom. The van der Waals surface area contributed by atoms with Crippen molar-refractivity contribution in [3.05, 3.63) is 53.6 Å². The molecule has 0 unspecified atom stereocenters. The number of aromatic nitrogens is 1. The second-order valence-electron chi connectivity index (χ2n) is 4.37. The second-order valence-corrected chi connectivity index (χ2v) is 4.37. The molecule has 2 aromatic carbocycles. The topological polar surface area (TPSA) is 56.0 Å². The lowest BCUT2D eigenvalue weighted by molar-refractivity contribution is 0.100. The normalized spacial score (nSPS) is 10.9. The van der Waals surface area contributed by atoms with Crippen molar-refractivity contribution in [2.24, 2.45) is 5.73 Å². The number of para-hydroxylation sites is 1. The summed E-state index contributed by atoms with van der Waals surface area (Å²) in [5, 5.41) is 2.00. The van der Waals surface area contributed by atoms with Crippen molar-refractivity contribution < 1.29 is 4.79 Å². The number of aryl methyl sites for hydroxylation is 1. The monoisotopic (exact) mass is 236 g/mol. The van der Waals surface area contributed by atoms with Crippen molar-refractivity contribution in [3.8, 4) is 0 Å². The minimum Gasteiger partial charge on any atom is -0.366 e. The molecule has 0 bridgehead atoms. The van der Waals surface area contributed by atoms with Crippen molar-refractivity contribution in [1.82, 2.24) is 4.98 Å². The Hall–Kier alpha value is -2.42. The number of pyridine rings is 1. The van der Waals surface area contributed by atoms with Gasteiger partial charge in [-0.1, -0.05) is 30.3 Å². The van der Waals surface area contributed by atoms with Gasteiger partial charge in [0.1, 0.15) is 0 Å². The molecule has 0 aliphatic rings. The van der Waals surface area contributed by atoms with Crippen LogP contribution < -0.4 is 5.73 Å². The summed E-state index contributed by atoms with van der Waals surface area (Å²) in [5.74, 6) is -0.430. The number of benzene rings is 2. The third-order valence-electron chi connectivity index (χ3n) is 3.14. The Bertz CT molecular complexity index is 778. The average molecular weight is 236 g/mol. The molecule has 3 rings (SSSR count). The SMILES string of the molecule is Cc1ccc2cc3ccccc3nc2c1C(N)=O. The number of primary amides is 1. The van der Waals surface area contributed by atoms with Crippen LogP contribution in [-0.4, -0.2) is 10.9 Å². The molecule has 3 heteroatoms. The van der Waals surface area contributed by atoms with Gasteiger partial charge < -0.3 is 5.73 Å². The molecule has 0 aliphatic heterocycles. The number of amides is 1. The Morgan fingerprint density at radius 1 is 1.11 bits per heavy atom. The van der Waals surface area contributed by atoms with Crippen LogP contribution in [0.25, 0.3) is 21.8 Å². The maximum absolute atomic E-state index is 11.6. The zero-order chi connectivity index (χ0) is 12.7. The first kappa shape index (κ1) is 10.7. The van der Waals surface area contributed by atoms with Crippen molar-refractivity contribution in [3.63, 3.8) is 0 Å². The van der Waals surface area contributed by atoms with E-state index in [1.165, 1.54) is 0 Å². The molecule has 0 aliphatic carbocycles. The predicted molar refractivity (Wildman–Crippen MR) is 72.5 cm³/mol. The van der Waals surface area contributed by atoms with Crippen LogP contribution in [0.15, 0.2) is 42.5 Å². The molecule has 18 heavy (non-hydrogen) atoms. The third-order valence-corrected chi connectivity index (χ3v) is 3.14. The highest BCUT2D eigenvalue weighted by Crippen LogP contribution is 2.24. The summed E-state index contributed by atoms with van der Waals surface area (Å²) in [6.07, 6.45) is 0. The van der Waals surface area contributed by atoms with Crippen LogP contribution in [0.2, 0.25) is 0 Å². The van der Waals surface area contributed by atoms with E-state index >= 15 is 0 Å². The molecule has 3 aromatic rings. The van der Waals surface area contributed by atoms with E-state index < -0.39 is 5.91 Å². The number of nitrogens with two attached hydrogens (primary N) is 1. The smallest absolute Gasteiger partial charge is 0.251 e. The van der Waals surface area contributed by atoms with Gasteiger partial charge in [0, 0.05) is 10.8 Å². The zero-order valence-electron chi connectivity index (χ0n) is 9.97. The third kappa shape index (κ3) is 1.52. The van der Waals surface area contributed by atoms with E-state index in [0.717, 1.165) is 21.9 Å². The lowest BCUT2D eigenvalue weighted by Gasteiger charge is -2.07. The number of nitrogens with zero attached hydrogens (tertiary/aromatic N) is 1. The van der Waals surface area contributed by atoms with Gasteiger partial charge in [-0.2, -0.15) is 0 Å². The number of carbonyl (C=O) groups excluding carboxylic acids is 1. The largest absolute Gasteiger partial charge is 0.366 e. The van der Waals surface area contributed by atoms with Gasteiger partial charge in [-0.15, -0.1) is 0 Å². The number of rotatable bonds is 1.